The van der Waals surface area contributed by atoms with E-state index in [1.165, 1.54) is 0 Å². The van der Waals surface area contributed by atoms with Crippen molar-refractivity contribution in [2.75, 3.05) is 4.72 Å². The lowest BCUT2D eigenvalue weighted by atomic mass is 10.2. The predicted molar refractivity (Wildman–Crippen MR) is 90.2 cm³/mol. The molecule has 0 aliphatic rings. The molecule has 3 rings (SSSR count). The Hall–Kier alpha value is -2.60. The van der Waals surface area contributed by atoms with Crippen LogP contribution in [0.1, 0.15) is 12.5 Å². The zero-order valence-corrected chi connectivity index (χ0v) is 13.5. The molecule has 0 fully saturated rings. The number of aryl methyl sites for hydroxylation is 1. The summed E-state index contributed by atoms with van der Waals surface area (Å²) in [6.07, 6.45) is 2.43. The molecule has 3 aromatic rings. The minimum Gasteiger partial charge on any atom is -0.263 e. The number of nitrogens with zero attached hydrogens (tertiary/aromatic N) is 2. The SMILES string of the molecule is CCc1ccc(S(=O)(=O)Nc2ccnn2-c2ccccc2)cc1. The maximum absolute atomic E-state index is 12.5. The molecular weight excluding hydrogens is 310 g/mol. The molecule has 118 valence electrons. The summed E-state index contributed by atoms with van der Waals surface area (Å²) in [5, 5.41) is 4.18. The van der Waals surface area contributed by atoms with Crippen molar-refractivity contribution in [3.63, 3.8) is 0 Å². The minimum absolute atomic E-state index is 0.232. The molecular formula is C17H17N3O2S. The first-order valence-electron chi connectivity index (χ1n) is 7.31. The highest BCUT2D eigenvalue weighted by Gasteiger charge is 2.16. The summed E-state index contributed by atoms with van der Waals surface area (Å²) in [6, 6.07) is 17.9. The van der Waals surface area contributed by atoms with E-state index in [4.69, 9.17) is 0 Å². The molecule has 0 unspecified atom stereocenters. The van der Waals surface area contributed by atoms with Crippen molar-refractivity contribution in [3.8, 4) is 5.69 Å². The van der Waals surface area contributed by atoms with Crippen LogP contribution in [0.25, 0.3) is 5.69 Å². The summed E-state index contributed by atoms with van der Waals surface area (Å²) in [7, 11) is -3.65. The van der Waals surface area contributed by atoms with Crippen LogP contribution in [0.2, 0.25) is 0 Å². The van der Waals surface area contributed by atoms with Gasteiger partial charge in [0.25, 0.3) is 10.0 Å². The van der Waals surface area contributed by atoms with E-state index >= 15 is 0 Å². The topological polar surface area (TPSA) is 64.0 Å². The average molecular weight is 327 g/mol. The van der Waals surface area contributed by atoms with Crippen molar-refractivity contribution in [2.24, 2.45) is 0 Å². The Morgan fingerprint density at radius 1 is 1.00 bits per heavy atom. The third-order valence-electron chi connectivity index (χ3n) is 3.52. The number of aromatic nitrogens is 2. The van der Waals surface area contributed by atoms with Gasteiger partial charge in [-0.05, 0) is 36.2 Å². The van der Waals surface area contributed by atoms with Gasteiger partial charge >= 0.3 is 0 Å². The van der Waals surface area contributed by atoms with Crippen molar-refractivity contribution < 1.29 is 8.42 Å². The normalized spacial score (nSPS) is 11.3. The van der Waals surface area contributed by atoms with Crippen molar-refractivity contribution in [1.29, 1.82) is 0 Å². The first-order valence-corrected chi connectivity index (χ1v) is 8.79. The van der Waals surface area contributed by atoms with Gasteiger partial charge in [-0.15, -0.1) is 0 Å². The van der Waals surface area contributed by atoms with E-state index < -0.39 is 10.0 Å². The van der Waals surface area contributed by atoms with Crippen molar-refractivity contribution >= 4 is 15.8 Å². The van der Waals surface area contributed by atoms with Gasteiger partial charge in [0.2, 0.25) is 0 Å². The number of benzene rings is 2. The van der Waals surface area contributed by atoms with E-state index in [0.29, 0.717) is 5.82 Å². The third-order valence-corrected chi connectivity index (χ3v) is 4.89. The second-order valence-electron chi connectivity index (χ2n) is 5.07. The zero-order chi connectivity index (χ0) is 16.3. The number of anilines is 1. The Kier molecular flexibility index (Phi) is 4.16. The molecule has 0 saturated heterocycles. The highest BCUT2D eigenvalue weighted by Crippen LogP contribution is 2.19. The molecule has 0 bridgehead atoms. The van der Waals surface area contributed by atoms with E-state index in [1.54, 1.807) is 29.1 Å². The van der Waals surface area contributed by atoms with Crippen molar-refractivity contribution in [3.05, 3.63) is 72.4 Å². The lowest BCUT2D eigenvalue weighted by Gasteiger charge is -2.11. The fourth-order valence-corrected chi connectivity index (χ4v) is 3.30. The molecule has 23 heavy (non-hydrogen) atoms. The first-order chi connectivity index (χ1) is 11.1. The van der Waals surface area contributed by atoms with Gasteiger partial charge < -0.3 is 0 Å². The molecule has 0 atom stereocenters. The van der Waals surface area contributed by atoms with Crippen LogP contribution in [-0.4, -0.2) is 18.2 Å². The van der Waals surface area contributed by atoms with Gasteiger partial charge in [0, 0.05) is 6.07 Å². The van der Waals surface area contributed by atoms with Gasteiger partial charge in [-0.1, -0.05) is 37.3 Å². The van der Waals surface area contributed by atoms with Crippen LogP contribution in [0.3, 0.4) is 0 Å². The Morgan fingerprint density at radius 3 is 2.35 bits per heavy atom. The lowest BCUT2D eigenvalue weighted by Crippen LogP contribution is -2.16. The third kappa shape index (κ3) is 3.27. The van der Waals surface area contributed by atoms with Crippen LogP contribution in [0.15, 0.2) is 71.8 Å². The zero-order valence-electron chi connectivity index (χ0n) is 12.7. The Balaban J connectivity index is 1.91. The maximum atomic E-state index is 12.5. The summed E-state index contributed by atoms with van der Waals surface area (Å²) in [5.41, 5.74) is 1.88. The highest BCUT2D eigenvalue weighted by molar-refractivity contribution is 7.92. The van der Waals surface area contributed by atoms with E-state index in [1.807, 2.05) is 49.4 Å². The molecule has 2 aromatic carbocycles. The molecule has 0 spiro atoms. The summed E-state index contributed by atoms with van der Waals surface area (Å²) in [5.74, 6) is 0.399. The van der Waals surface area contributed by atoms with E-state index in [9.17, 15) is 8.42 Å². The molecule has 0 aliphatic heterocycles. The number of hydrogen-bond acceptors (Lipinski definition) is 3. The van der Waals surface area contributed by atoms with Crippen LogP contribution in [0, 0.1) is 0 Å². The predicted octanol–water partition coefficient (Wildman–Crippen LogP) is 3.24. The van der Waals surface area contributed by atoms with Crippen molar-refractivity contribution in [2.45, 2.75) is 18.2 Å². The van der Waals surface area contributed by atoms with Gasteiger partial charge in [0.05, 0.1) is 16.8 Å². The lowest BCUT2D eigenvalue weighted by molar-refractivity contribution is 0.600. The fraction of sp³-hybridized carbons (Fsp3) is 0.118. The molecule has 1 N–H and O–H groups in total. The second-order valence-corrected chi connectivity index (χ2v) is 6.75. The maximum Gasteiger partial charge on any atom is 0.263 e. The van der Waals surface area contributed by atoms with E-state index in [-0.39, 0.29) is 4.90 Å². The summed E-state index contributed by atoms with van der Waals surface area (Å²) in [6.45, 7) is 2.03. The van der Waals surface area contributed by atoms with Crippen LogP contribution in [-0.2, 0) is 16.4 Å². The van der Waals surface area contributed by atoms with E-state index in [2.05, 4.69) is 9.82 Å². The van der Waals surface area contributed by atoms with Gasteiger partial charge in [0.15, 0.2) is 0 Å². The Labute approximate surface area is 135 Å². The summed E-state index contributed by atoms with van der Waals surface area (Å²) >= 11 is 0. The molecule has 0 aliphatic carbocycles. The minimum atomic E-state index is -3.65. The summed E-state index contributed by atoms with van der Waals surface area (Å²) in [4.78, 5) is 0.232. The molecule has 0 radical (unpaired) electrons. The molecule has 6 heteroatoms. The van der Waals surface area contributed by atoms with Gasteiger partial charge in [-0.2, -0.15) is 5.10 Å². The van der Waals surface area contributed by atoms with Gasteiger partial charge in [-0.25, -0.2) is 13.1 Å². The van der Waals surface area contributed by atoms with Crippen LogP contribution in [0.5, 0.6) is 0 Å². The number of para-hydroxylation sites is 1. The summed E-state index contributed by atoms with van der Waals surface area (Å²) < 4.78 is 29.2. The average Bonchev–Trinajstić information content (AvgIpc) is 3.03. The molecule has 1 heterocycles. The number of hydrogen-bond donors (Lipinski definition) is 1. The van der Waals surface area contributed by atoms with E-state index in [0.717, 1.165) is 17.7 Å². The number of rotatable bonds is 5. The number of nitrogens with one attached hydrogen (secondary N) is 1. The molecule has 0 saturated carbocycles. The van der Waals surface area contributed by atoms with Crippen molar-refractivity contribution in [1.82, 2.24) is 9.78 Å². The van der Waals surface area contributed by atoms with Crippen LogP contribution in [0.4, 0.5) is 5.82 Å². The van der Waals surface area contributed by atoms with Crippen LogP contribution < -0.4 is 4.72 Å². The largest absolute Gasteiger partial charge is 0.263 e. The van der Waals surface area contributed by atoms with Crippen LogP contribution >= 0.6 is 0 Å². The smallest absolute Gasteiger partial charge is 0.263 e. The Morgan fingerprint density at radius 2 is 1.70 bits per heavy atom. The fourth-order valence-electron chi connectivity index (χ4n) is 2.26. The van der Waals surface area contributed by atoms with Gasteiger partial charge in [-0.3, -0.25) is 4.72 Å². The Bertz CT molecular complexity index is 885. The second kappa shape index (κ2) is 6.26. The highest BCUT2D eigenvalue weighted by atomic mass is 32.2. The quantitative estimate of drug-likeness (QED) is 0.782. The first kappa shape index (κ1) is 15.3. The molecule has 0 amide bonds. The van der Waals surface area contributed by atoms with Gasteiger partial charge in [0.1, 0.15) is 5.82 Å². The standard InChI is InChI=1S/C17H17N3O2S/c1-2-14-8-10-16(11-9-14)23(21,22)19-17-12-13-18-20(17)15-6-4-3-5-7-15/h3-13,19H,2H2,1H3. The molecule has 1 aromatic heterocycles. The molecule has 5 nitrogen and oxygen atoms in total. The number of sulfonamides is 1. The monoisotopic (exact) mass is 327 g/mol.